The van der Waals surface area contributed by atoms with Crippen LogP contribution in [0.25, 0.3) is 0 Å². The Labute approximate surface area is 98.8 Å². The third-order valence-electron chi connectivity index (χ3n) is 2.19. The number of ether oxygens (including phenoxy) is 2. The van der Waals surface area contributed by atoms with Crippen molar-refractivity contribution in [3.8, 4) is 0 Å². The molecular formula is C12H25NO3. The zero-order chi connectivity index (χ0) is 12.2. The van der Waals surface area contributed by atoms with Gasteiger partial charge >= 0.3 is 0 Å². The highest BCUT2D eigenvalue weighted by Gasteiger charge is 2.10. The minimum atomic E-state index is -0.138. The van der Waals surface area contributed by atoms with E-state index in [1.807, 2.05) is 19.9 Å². The van der Waals surface area contributed by atoms with Gasteiger partial charge < -0.3 is 14.6 Å². The van der Waals surface area contributed by atoms with Crippen LogP contribution < -0.4 is 0 Å². The summed E-state index contributed by atoms with van der Waals surface area (Å²) < 4.78 is 10.9. The summed E-state index contributed by atoms with van der Waals surface area (Å²) in [6.07, 6.45) is 2.52. The largest absolute Gasteiger partial charge is 0.395 e. The number of aliphatic hydroxyl groups is 1. The summed E-state index contributed by atoms with van der Waals surface area (Å²) in [5.74, 6) is 0. The lowest BCUT2D eigenvalue weighted by Crippen LogP contribution is -2.31. The van der Waals surface area contributed by atoms with Crippen molar-refractivity contribution in [2.75, 3.05) is 39.5 Å². The number of rotatable bonds is 11. The molecule has 16 heavy (non-hydrogen) atoms. The fraction of sp³-hybridized carbons (Fsp3) is 0.833. The van der Waals surface area contributed by atoms with E-state index in [4.69, 9.17) is 14.6 Å². The summed E-state index contributed by atoms with van der Waals surface area (Å²) in [6.45, 7) is 11.4. The smallest absolute Gasteiger partial charge is 0.158 e. The van der Waals surface area contributed by atoms with Crippen LogP contribution in [0.1, 0.15) is 20.3 Å². The van der Waals surface area contributed by atoms with E-state index in [2.05, 4.69) is 11.5 Å². The van der Waals surface area contributed by atoms with Crippen molar-refractivity contribution in [1.29, 1.82) is 0 Å². The monoisotopic (exact) mass is 231 g/mol. The molecule has 0 aliphatic carbocycles. The molecule has 0 aromatic rings. The summed E-state index contributed by atoms with van der Waals surface area (Å²) in [6, 6.07) is 0. The van der Waals surface area contributed by atoms with Gasteiger partial charge in [-0.1, -0.05) is 6.08 Å². The highest BCUT2D eigenvalue weighted by molar-refractivity contribution is 4.73. The van der Waals surface area contributed by atoms with Gasteiger partial charge in [0.15, 0.2) is 6.29 Å². The van der Waals surface area contributed by atoms with Gasteiger partial charge in [0, 0.05) is 39.3 Å². The molecule has 0 amide bonds. The SMILES string of the molecule is C=CCN(CCO)CCC(OCC)OCC. The first kappa shape index (κ1) is 15.6. The van der Waals surface area contributed by atoms with Gasteiger partial charge in [0.05, 0.1) is 6.61 Å². The number of hydrogen-bond donors (Lipinski definition) is 1. The Morgan fingerprint density at radius 3 is 2.31 bits per heavy atom. The van der Waals surface area contributed by atoms with Gasteiger partial charge in [-0.05, 0) is 13.8 Å². The molecular weight excluding hydrogens is 206 g/mol. The average Bonchev–Trinajstić information content (AvgIpc) is 2.27. The van der Waals surface area contributed by atoms with Crippen LogP contribution in [0.2, 0.25) is 0 Å². The lowest BCUT2D eigenvalue weighted by molar-refractivity contribution is -0.141. The highest BCUT2D eigenvalue weighted by Crippen LogP contribution is 2.03. The van der Waals surface area contributed by atoms with Gasteiger partial charge in [-0.3, -0.25) is 4.90 Å². The van der Waals surface area contributed by atoms with Crippen molar-refractivity contribution in [2.24, 2.45) is 0 Å². The van der Waals surface area contributed by atoms with Crippen molar-refractivity contribution < 1.29 is 14.6 Å². The van der Waals surface area contributed by atoms with Crippen LogP contribution >= 0.6 is 0 Å². The summed E-state index contributed by atoms with van der Waals surface area (Å²) in [7, 11) is 0. The quantitative estimate of drug-likeness (QED) is 0.429. The molecule has 0 atom stereocenters. The summed E-state index contributed by atoms with van der Waals surface area (Å²) in [5, 5.41) is 8.90. The molecule has 0 saturated carbocycles. The van der Waals surface area contributed by atoms with Gasteiger partial charge in [0.25, 0.3) is 0 Å². The molecule has 0 spiro atoms. The predicted molar refractivity (Wildman–Crippen MR) is 65.4 cm³/mol. The molecule has 0 heterocycles. The van der Waals surface area contributed by atoms with Gasteiger partial charge in [-0.15, -0.1) is 6.58 Å². The third-order valence-corrected chi connectivity index (χ3v) is 2.19. The molecule has 0 bridgehead atoms. The summed E-state index contributed by atoms with van der Waals surface area (Å²) in [5.41, 5.74) is 0. The Hall–Kier alpha value is -0.420. The van der Waals surface area contributed by atoms with Crippen molar-refractivity contribution in [1.82, 2.24) is 4.90 Å². The van der Waals surface area contributed by atoms with Crippen LogP contribution in [0.4, 0.5) is 0 Å². The highest BCUT2D eigenvalue weighted by atomic mass is 16.7. The number of hydrogen-bond acceptors (Lipinski definition) is 4. The maximum absolute atomic E-state index is 8.90. The van der Waals surface area contributed by atoms with Crippen molar-refractivity contribution in [2.45, 2.75) is 26.6 Å². The van der Waals surface area contributed by atoms with E-state index in [-0.39, 0.29) is 12.9 Å². The van der Waals surface area contributed by atoms with Crippen molar-refractivity contribution >= 4 is 0 Å². The first-order valence-electron chi connectivity index (χ1n) is 5.95. The molecule has 0 fully saturated rings. The van der Waals surface area contributed by atoms with Crippen LogP contribution in [0.3, 0.4) is 0 Å². The van der Waals surface area contributed by atoms with Crippen molar-refractivity contribution in [3.63, 3.8) is 0 Å². The van der Waals surface area contributed by atoms with Crippen LogP contribution in [0, 0.1) is 0 Å². The van der Waals surface area contributed by atoms with Crippen LogP contribution in [0.15, 0.2) is 12.7 Å². The second-order valence-electron chi connectivity index (χ2n) is 3.44. The Bertz CT molecular complexity index is 158. The van der Waals surface area contributed by atoms with E-state index >= 15 is 0 Å². The second kappa shape index (κ2) is 11.1. The Balaban J connectivity index is 3.87. The minimum absolute atomic E-state index is 0.138. The van der Waals surface area contributed by atoms with E-state index < -0.39 is 0 Å². The van der Waals surface area contributed by atoms with Gasteiger partial charge in [-0.25, -0.2) is 0 Å². The van der Waals surface area contributed by atoms with Gasteiger partial charge in [0.1, 0.15) is 0 Å². The molecule has 0 saturated heterocycles. The fourth-order valence-corrected chi connectivity index (χ4v) is 1.49. The minimum Gasteiger partial charge on any atom is -0.395 e. The predicted octanol–water partition coefficient (Wildman–Crippen LogP) is 1.26. The Morgan fingerprint density at radius 1 is 1.25 bits per heavy atom. The maximum Gasteiger partial charge on any atom is 0.158 e. The van der Waals surface area contributed by atoms with E-state index in [0.717, 1.165) is 19.5 Å². The lowest BCUT2D eigenvalue weighted by atomic mass is 10.3. The van der Waals surface area contributed by atoms with Gasteiger partial charge in [0.2, 0.25) is 0 Å². The molecule has 0 radical (unpaired) electrons. The van der Waals surface area contributed by atoms with Crippen LogP contribution in [-0.2, 0) is 9.47 Å². The fourth-order valence-electron chi connectivity index (χ4n) is 1.49. The number of aliphatic hydroxyl groups excluding tert-OH is 1. The van der Waals surface area contributed by atoms with Crippen LogP contribution in [-0.4, -0.2) is 55.8 Å². The Kier molecular flexibility index (Phi) is 10.8. The summed E-state index contributed by atoms with van der Waals surface area (Å²) >= 11 is 0. The zero-order valence-corrected chi connectivity index (χ0v) is 10.5. The third kappa shape index (κ3) is 7.82. The average molecular weight is 231 g/mol. The molecule has 4 heteroatoms. The first-order valence-corrected chi connectivity index (χ1v) is 5.95. The Morgan fingerprint density at radius 2 is 1.88 bits per heavy atom. The van der Waals surface area contributed by atoms with E-state index in [1.54, 1.807) is 0 Å². The van der Waals surface area contributed by atoms with Crippen molar-refractivity contribution in [3.05, 3.63) is 12.7 Å². The van der Waals surface area contributed by atoms with E-state index in [9.17, 15) is 0 Å². The molecule has 0 rings (SSSR count). The van der Waals surface area contributed by atoms with Crippen LogP contribution in [0.5, 0.6) is 0 Å². The standard InChI is InChI=1S/C12H25NO3/c1-4-8-13(10-11-14)9-7-12(15-5-2)16-6-3/h4,12,14H,1,5-11H2,2-3H3. The molecule has 0 unspecified atom stereocenters. The lowest BCUT2D eigenvalue weighted by Gasteiger charge is -2.23. The molecule has 1 N–H and O–H groups in total. The molecule has 0 aromatic carbocycles. The molecule has 0 aliphatic rings. The maximum atomic E-state index is 8.90. The molecule has 0 aliphatic heterocycles. The first-order chi connectivity index (χ1) is 7.78. The topological polar surface area (TPSA) is 41.9 Å². The molecule has 0 aromatic heterocycles. The van der Waals surface area contributed by atoms with E-state index in [0.29, 0.717) is 19.8 Å². The summed E-state index contributed by atoms with van der Waals surface area (Å²) in [4.78, 5) is 2.12. The second-order valence-corrected chi connectivity index (χ2v) is 3.44. The van der Waals surface area contributed by atoms with E-state index in [1.165, 1.54) is 0 Å². The number of nitrogens with zero attached hydrogens (tertiary/aromatic N) is 1. The van der Waals surface area contributed by atoms with Gasteiger partial charge in [-0.2, -0.15) is 0 Å². The molecule has 4 nitrogen and oxygen atoms in total. The normalized spacial score (nSPS) is 11.3. The molecule has 96 valence electrons. The zero-order valence-electron chi connectivity index (χ0n) is 10.5.